The van der Waals surface area contributed by atoms with Gasteiger partial charge < -0.3 is 10.8 Å². The average Bonchev–Trinajstić information content (AvgIpc) is 2.63. The molecule has 0 fully saturated rings. The van der Waals surface area contributed by atoms with Gasteiger partial charge in [0, 0.05) is 4.90 Å². The van der Waals surface area contributed by atoms with Crippen molar-refractivity contribution in [3.05, 3.63) is 54.1 Å². The Labute approximate surface area is 154 Å². The molecule has 0 heterocycles. The summed E-state index contributed by atoms with van der Waals surface area (Å²) >= 11 is 0.908. The molecule has 3 N–H and O–H groups in total. The zero-order valence-electron chi connectivity index (χ0n) is 14.2. The Kier molecular flexibility index (Phi) is 5.69. The molecule has 0 spiro atoms. The number of hydrogen-bond donors (Lipinski definition) is 2. The summed E-state index contributed by atoms with van der Waals surface area (Å²) in [4.78, 5) is 4.99. The van der Waals surface area contributed by atoms with Crippen LogP contribution in [0.3, 0.4) is 0 Å². The number of aromatic hydroxyl groups is 1. The van der Waals surface area contributed by atoms with Gasteiger partial charge >= 0.3 is 0 Å². The van der Waals surface area contributed by atoms with Crippen LogP contribution in [-0.2, 0) is 14.3 Å². The van der Waals surface area contributed by atoms with E-state index in [-0.39, 0.29) is 5.75 Å². The number of nitrogen functional groups attached to an aromatic ring is 1. The minimum atomic E-state index is 0.0136. The Hall–Kier alpha value is -2.65. The summed E-state index contributed by atoms with van der Waals surface area (Å²) in [5.41, 5.74) is 8.60. The van der Waals surface area contributed by atoms with E-state index >= 15 is 0 Å². The topological polar surface area (TPSA) is 98.7 Å². The van der Waals surface area contributed by atoms with Crippen LogP contribution in [-0.4, -0.2) is 12.2 Å². The number of rotatable bonds is 6. The number of azo groups is 1. The number of hydrogen-bond acceptors (Lipinski definition) is 8. The number of phenols is 1. The molecule has 0 radical (unpaired) electrons. The first kappa shape index (κ1) is 18.2. The molecule has 0 amide bonds. The summed E-state index contributed by atoms with van der Waals surface area (Å²) in [6.45, 7) is 1.87. The van der Waals surface area contributed by atoms with Crippen LogP contribution in [0.5, 0.6) is 5.75 Å². The Morgan fingerprint density at radius 3 is 2.58 bits per heavy atom. The second kappa shape index (κ2) is 8.15. The summed E-state index contributed by atoms with van der Waals surface area (Å²) in [7, 11) is 1.33. The quantitative estimate of drug-likeness (QED) is 0.151. The lowest BCUT2D eigenvalue weighted by atomic mass is 10.0. The highest BCUT2D eigenvalue weighted by molar-refractivity contribution is 7.94. The molecule has 3 rings (SSSR count). The lowest BCUT2D eigenvalue weighted by Gasteiger charge is -2.11. The number of nitrogens with two attached hydrogens (primary N) is 1. The van der Waals surface area contributed by atoms with Crippen molar-refractivity contribution in [1.82, 2.24) is 0 Å². The second-order valence-corrected chi connectivity index (χ2v) is 6.19. The molecule has 134 valence electrons. The van der Waals surface area contributed by atoms with E-state index in [0.29, 0.717) is 27.3 Å². The van der Waals surface area contributed by atoms with Gasteiger partial charge in [0.1, 0.15) is 11.4 Å². The van der Waals surface area contributed by atoms with Crippen molar-refractivity contribution in [2.75, 3.05) is 12.8 Å². The van der Waals surface area contributed by atoms with Crippen LogP contribution in [0.15, 0.2) is 63.7 Å². The van der Waals surface area contributed by atoms with Gasteiger partial charge in [-0.05, 0) is 48.2 Å². The fourth-order valence-corrected chi connectivity index (χ4v) is 2.96. The summed E-state index contributed by atoms with van der Waals surface area (Å²) in [5.74, 6) is 0.0136. The second-order valence-electron chi connectivity index (χ2n) is 5.42. The van der Waals surface area contributed by atoms with E-state index in [1.165, 1.54) is 13.2 Å². The van der Waals surface area contributed by atoms with Crippen LogP contribution in [0.4, 0.5) is 17.1 Å². The third-order valence-corrected chi connectivity index (χ3v) is 4.21. The number of benzene rings is 3. The van der Waals surface area contributed by atoms with Crippen LogP contribution in [0, 0.1) is 6.92 Å². The average molecular weight is 371 g/mol. The van der Waals surface area contributed by atoms with E-state index in [2.05, 4.69) is 20.2 Å². The summed E-state index contributed by atoms with van der Waals surface area (Å²) in [6, 6.07) is 14.5. The van der Waals surface area contributed by atoms with Crippen LogP contribution in [0.1, 0.15) is 5.56 Å². The van der Waals surface area contributed by atoms with Gasteiger partial charge in [-0.3, -0.25) is 0 Å². The molecule has 7 nitrogen and oxygen atoms in total. The zero-order valence-corrected chi connectivity index (χ0v) is 15.0. The predicted octanol–water partition coefficient (Wildman–Crippen LogP) is 5.37. The molecule has 0 aliphatic carbocycles. The summed E-state index contributed by atoms with van der Waals surface area (Å²) in [5, 5.41) is 24.7. The smallest absolute Gasteiger partial charge is 0.126 e. The fourth-order valence-electron chi connectivity index (χ4n) is 2.46. The minimum absolute atomic E-state index is 0.0136. The number of aryl methyl sites for hydroxylation is 1. The number of phenolic OH excluding ortho intramolecular Hbond substituents is 1. The molecule has 0 aliphatic heterocycles. The molecule has 0 aliphatic rings. The molecule has 26 heavy (non-hydrogen) atoms. The van der Waals surface area contributed by atoms with E-state index < -0.39 is 0 Å². The Bertz CT molecular complexity index is 948. The van der Waals surface area contributed by atoms with E-state index in [4.69, 9.17) is 10.1 Å². The molecule has 3 aromatic carbocycles. The number of fused-ring (bicyclic) bond motifs is 1. The fraction of sp³-hybridized carbons (Fsp3) is 0.111. The summed E-state index contributed by atoms with van der Waals surface area (Å²) in [6.07, 6.45) is 0. The minimum Gasteiger partial charge on any atom is -0.507 e. The Morgan fingerprint density at radius 2 is 1.85 bits per heavy atom. The van der Waals surface area contributed by atoms with Crippen molar-refractivity contribution in [1.29, 1.82) is 0 Å². The maximum Gasteiger partial charge on any atom is 0.126 e. The van der Waals surface area contributed by atoms with E-state index in [0.717, 1.165) is 23.0 Å². The van der Waals surface area contributed by atoms with Gasteiger partial charge in [-0.1, -0.05) is 23.2 Å². The molecule has 0 unspecified atom stereocenters. The molecule has 0 saturated heterocycles. The highest BCUT2D eigenvalue weighted by Crippen LogP contribution is 2.42. The van der Waals surface area contributed by atoms with Gasteiger partial charge in [-0.2, -0.15) is 5.11 Å². The molecule has 0 aromatic heterocycles. The van der Waals surface area contributed by atoms with Crippen molar-refractivity contribution >= 4 is 39.9 Å². The van der Waals surface area contributed by atoms with Crippen molar-refractivity contribution in [3.63, 3.8) is 0 Å². The van der Waals surface area contributed by atoms with Gasteiger partial charge in [-0.25, -0.2) is 4.89 Å². The van der Waals surface area contributed by atoms with Crippen LogP contribution in [0.25, 0.3) is 10.8 Å². The predicted molar refractivity (Wildman–Crippen MR) is 100 cm³/mol. The third-order valence-electron chi connectivity index (χ3n) is 3.66. The van der Waals surface area contributed by atoms with Crippen molar-refractivity contribution in [2.24, 2.45) is 10.2 Å². The van der Waals surface area contributed by atoms with Crippen LogP contribution in [0.2, 0.25) is 0 Å². The standard InChI is InChI=1S/C18H17N3O4S/c1-11-8-12-9-14(26-25-24-23-2)10-15(22)16(12)18(17(11)19)21-20-13-6-4-3-5-7-13/h3-10,22H,19H2,1-2H3. The van der Waals surface area contributed by atoms with Gasteiger partial charge in [0.05, 0.1) is 35.9 Å². The molecular formula is C18H17N3O4S. The van der Waals surface area contributed by atoms with Crippen molar-refractivity contribution < 1.29 is 19.4 Å². The third kappa shape index (κ3) is 3.94. The molecule has 0 atom stereocenters. The van der Waals surface area contributed by atoms with Gasteiger partial charge in [0.15, 0.2) is 0 Å². The van der Waals surface area contributed by atoms with E-state index in [9.17, 15) is 5.11 Å². The Balaban J connectivity index is 2.07. The normalized spacial score (nSPS) is 11.5. The first-order chi connectivity index (χ1) is 12.6. The molecule has 8 heteroatoms. The van der Waals surface area contributed by atoms with Crippen LogP contribution < -0.4 is 5.73 Å². The monoisotopic (exact) mass is 371 g/mol. The highest BCUT2D eigenvalue weighted by atomic mass is 32.2. The first-order valence-corrected chi connectivity index (χ1v) is 8.41. The van der Waals surface area contributed by atoms with Gasteiger partial charge in [0.25, 0.3) is 0 Å². The molecular weight excluding hydrogens is 354 g/mol. The lowest BCUT2D eigenvalue weighted by molar-refractivity contribution is -0.447. The summed E-state index contributed by atoms with van der Waals surface area (Å²) < 4.78 is 4.78. The van der Waals surface area contributed by atoms with Crippen molar-refractivity contribution in [3.8, 4) is 5.75 Å². The number of nitrogens with zero attached hydrogens (tertiary/aromatic N) is 2. The molecule has 3 aromatic rings. The highest BCUT2D eigenvalue weighted by Gasteiger charge is 2.14. The van der Waals surface area contributed by atoms with Gasteiger partial charge in [0.2, 0.25) is 0 Å². The van der Waals surface area contributed by atoms with Crippen LogP contribution >= 0.6 is 12.0 Å². The van der Waals surface area contributed by atoms with Gasteiger partial charge in [-0.15, -0.1) is 9.45 Å². The van der Waals surface area contributed by atoms with E-state index in [1.54, 1.807) is 0 Å². The maximum absolute atomic E-state index is 10.5. The SMILES string of the molecule is COOOSc1cc(O)c2c(N=Nc3ccccc3)c(N)c(C)cc2c1. The maximum atomic E-state index is 10.5. The Morgan fingerprint density at radius 1 is 1.08 bits per heavy atom. The van der Waals surface area contributed by atoms with Crippen molar-refractivity contribution in [2.45, 2.75) is 11.8 Å². The number of anilines is 1. The largest absolute Gasteiger partial charge is 0.507 e. The van der Waals surface area contributed by atoms with E-state index in [1.807, 2.05) is 49.4 Å². The molecule has 0 bridgehead atoms. The molecule has 0 saturated carbocycles. The zero-order chi connectivity index (χ0) is 18.5. The lowest BCUT2D eigenvalue weighted by Crippen LogP contribution is -1.92. The first-order valence-electron chi connectivity index (χ1n) is 7.66.